The maximum absolute atomic E-state index is 13.2. The van der Waals surface area contributed by atoms with Crippen molar-refractivity contribution < 1.29 is 38.2 Å². The van der Waals surface area contributed by atoms with E-state index in [2.05, 4.69) is 38.5 Å². The predicted octanol–water partition coefficient (Wildman–Crippen LogP) is 5.59. The normalized spacial score (nSPS) is 21.0. The van der Waals surface area contributed by atoms with Crippen LogP contribution in [-0.4, -0.2) is 98.8 Å². The number of nitrogens with one attached hydrogen (secondary N) is 2. The Bertz CT molecular complexity index is 2400. The van der Waals surface area contributed by atoms with Crippen LogP contribution in [0.4, 0.5) is 0 Å². The van der Waals surface area contributed by atoms with E-state index in [1.807, 2.05) is 35.5 Å². The molecule has 14 nitrogen and oxygen atoms in total. The van der Waals surface area contributed by atoms with E-state index >= 15 is 0 Å². The highest BCUT2D eigenvalue weighted by Crippen LogP contribution is 2.35. The second-order valence-electron chi connectivity index (χ2n) is 15.6. The minimum atomic E-state index is -0.998. The third-order valence-corrected chi connectivity index (χ3v) is 11.8. The SMILES string of the molecule is O=C1CCC(N2C(=O)c3ccc(OCCCCCOC4CCN(C(=O)[C@H]5C[C@@H](Oc6ccc(-c7ccc8c(c7)[nH]c7ccncc78)cn6)C5)CC4)cc3C2=O)C(=O)N1. The summed E-state index contributed by atoms with van der Waals surface area (Å²) in [5.41, 5.74) is 4.61. The summed E-state index contributed by atoms with van der Waals surface area (Å²) in [4.78, 5) is 78.2. The van der Waals surface area contributed by atoms with Crippen molar-refractivity contribution >= 4 is 51.3 Å². The van der Waals surface area contributed by atoms with Gasteiger partial charge in [-0.3, -0.25) is 39.2 Å². The van der Waals surface area contributed by atoms with E-state index in [1.165, 1.54) is 0 Å². The van der Waals surface area contributed by atoms with Crippen LogP contribution in [0, 0.1) is 5.92 Å². The van der Waals surface area contributed by atoms with Crippen molar-refractivity contribution in [3.8, 4) is 22.8 Å². The van der Waals surface area contributed by atoms with E-state index in [9.17, 15) is 24.0 Å². The van der Waals surface area contributed by atoms with Gasteiger partial charge in [-0.15, -0.1) is 0 Å². The highest BCUT2D eigenvalue weighted by molar-refractivity contribution is 6.23. The second-order valence-corrected chi connectivity index (χ2v) is 15.6. The zero-order chi connectivity index (χ0) is 39.8. The topological polar surface area (TPSA) is 173 Å². The molecule has 5 aromatic rings. The lowest BCUT2D eigenvalue weighted by atomic mass is 9.81. The van der Waals surface area contributed by atoms with E-state index in [1.54, 1.807) is 24.4 Å². The van der Waals surface area contributed by atoms with Gasteiger partial charge in [0.05, 0.1) is 23.8 Å². The highest BCUT2D eigenvalue weighted by atomic mass is 16.5. The van der Waals surface area contributed by atoms with Crippen LogP contribution in [0.15, 0.2) is 73.2 Å². The van der Waals surface area contributed by atoms with E-state index < -0.39 is 29.7 Å². The van der Waals surface area contributed by atoms with Crippen LogP contribution >= 0.6 is 0 Å². The number of piperidine rings is 2. The molecule has 1 atom stereocenters. The summed E-state index contributed by atoms with van der Waals surface area (Å²) in [6, 6.07) is 16.0. The number of amides is 5. The molecule has 3 fully saturated rings. The minimum absolute atomic E-state index is 0.0176. The van der Waals surface area contributed by atoms with E-state index in [4.69, 9.17) is 14.2 Å². The van der Waals surface area contributed by atoms with Gasteiger partial charge in [0, 0.05) is 84.1 Å². The highest BCUT2D eigenvalue weighted by Gasteiger charge is 2.45. The number of fused-ring (bicyclic) bond motifs is 4. The van der Waals surface area contributed by atoms with Gasteiger partial charge in [0.1, 0.15) is 17.9 Å². The molecule has 2 saturated heterocycles. The number of benzene rings is 2. The number of aromatic amines is 1. The zero-order valence-corrected chi connectivity index (χ0v) is 32.0. The summed E-state index contributed by atoms with van der Waals surface area (Å²) < 4.78 is 18.1. The summed E-state index contributed by atoms with van der Waals surface area (Å²) in [7, 11) is 0. The lowest BCUT2D eigenvalue weighted by molar-refractivity contribution is -0.144. The molecule has 2 N–H and O–H groups in total. The summed E-state index contributed by atoms with van der Waals surface area (Å²) >= 11 is 0. The number of hydrogen-bond acceptors (Lipinski definition) is 10. The first-order chi connectivity index (χ1) is 28.3. The quantitative estimate of drug-likeness (QED) is 0.113. The van der Waals surface area contributed by atoms with Gasteiger partial charge in [-0.2, -0.15) is 0 Å². The van der Waals surface area contributed by atoms with Gasteiger partial charge in [0.2, 0.25) is 23.6 Å². The van der Waals surface area contributed by atoms with Gasteiger partial charge >= 0.3 is 0 Å². The average Bonchev–Trinajstić information content (AvgIpc) is 3.72. The third-order valence-electron chi connectivity index (χ3n) is 11.8. The van der Waals surface area contributed by atoms with Crippen molar-refractivity contribution in [1.82, 2.24) is 30.1 Å². The molecule has 1 aliphatic carbocycles. The average molecular weight is 785 g/mol. The standard InChI is InChI=1S/C44H44N6O8/c51-39-10-9-38(41(52)48-39)50-43(54)33-8-6-30(23-34(33)44(50)55)57-19-3-1-2-18-56-29-13-16-49(17-14-29)42(53)28-20-31(21-28)58-40-11-5-27(24-46-40)26-4-7-32-35-25-45-15-12-36(35)47-37(32)22-26/h4-8,11-12,15,22-25,28-29,31,38,47H,1-3,9-10,13-14,16-21H2,(H,48,51,52)/t28-,31+,38?. The Balaban J connectivity index is 0.643. The third kappa shape index (κ3) is 7.51. The molecule has 14 heteroatoms. The molecule has 0 radical (unpaired) electrons. The maximum Gasteiger partial charge on any atom is 0.262 e. The number of nitrogens with zero attached hydrogens (tertiary/aromatic N) is 4. The Kier molecular flexibility index (Phi) is 10.3. The second kappa shape index (κ2) is 16.0. The minimum Gasteiger partial charge on any atom is -0.494 e. The molecule has 1 unspecified atom stereocenters. The molecule has 58 heavy (non-hydrogen) atoms. The van der Waals surface area contributed by atoms with E-state index in [-0.39, 0.29) is 48.0 Å². The van der Waals surface area contributed by atoms with Crippen LogP contribution in [0.1, 0.15) is 78.5 Å². The Morgan fingerprint density at radius 1 is 0.776 bits per heavy atom. The molecule has 0 bridgehead atoms. The molecular formula is C44H44N6O8. The molecule has 3 aliphatic heterocycles. The monoisotopic (exact) mass is 784 g/mol. The van der Waals surface area contributed by atoms with Crippen LogP contribution in [-0.2, 0) is 19.1 Å². The lowest BCUT2D eigenvalue weighted by Crippen LogP contribution is -2.54. The van der Waals surface area contributed by atoms with Gasteiger partial charge in [-0.1, -0.05) is 12.1 Å². The van der Waals surface area contributed by atoms with E-state index in [0.717, 1.165) is 69.9 Å². The van der Waals surface area contributed by atoms with Crippen LogP contribution in [0.25, 0.3) is 32.9 Å². The Morgan fingerprint density at radius 3 is 2.40 bits per heavy atom. The first-order valence-corrected chi connectivity index (χ1v) is 20.2. The Hall–Kier alpha value is -6.15. The smallest absolute Gasteiger partial charge is 0.262 e. The number of H-pyrrole nitrogens is 1. The molecule has 0 spiro atoms. The first-order valence-electron chi connectivity index (χ1n) is 20.2. The van der Waals surface area contributed by atoms with Crippen LogP contribution < -0.4 is 14.8 Å². The van der Waals surface area contributed by atoms with Crippen molar-refractivity contribution in [1.29, 1.82) is 0 Å². The summed E-state index contributed by atoms with van der Waals surface area (Å²) in [6.45, 7) is 2.47. The summed E-state index contributed by atoms with van der Waals surface area (Å²) in [6.07, 6.45) is 11.4. The number of imide groups is 2. The molecular weight excluding hydrogens is 741 g/mol. The van der Waals surface area contributed by atoms with Crippen LogP contribution in [0.3, 0.4) is 0 Å². The number of ether oxygens (including phenoxy) is 3. The van der Waals surface area contributed by atoms with Gasteiger partial charge < -0.3 is 24.1 Å². The van der Waals surface area contributed by atoms with Crippen molar-refractivity contribution in [3.63, 3.8) is 0 Å². The Morgan fingerprint density at radius 2 is 1.59 bits per heavy atom. The fourth-order valence-corrected chi connectivity index (χ4v) is 8.44. The molecule has 298 valence electrons. The number of aromatic nitrogens is 3. The molecule has 6 heterocycles. The van der Waals surface area contributed by atoms with Crippen LogP contribution in [0.5, 0.6) is 11.6 Å². The van der Waals surface area contributed by atoms with Crippen molar-refractivity contribution in [2.24, 2.45) is 5.92 Å². The summed E-state index contributed by atoms with van der Waals surface area (Å²) in [5.74, 6) is -0.907. The molecule has 3 aromatic heterocycles. The first kappa shape index (κ1) is 37.4. The fourth-order valence-electron chi connectivity index (χ4n) is 8.44. The fraction of sp³-hybridized carbons (Fsp3) is 0.386. The van der Waals surface area contributed by atoms with Crippen LogP contribution in [0.2, 0.25) is 0 Å². The predicted molar refractivity (Wildman–Crippen MR) is 212 cm³/mol. The van der Waals surface area contributed by atoms with Gasteiger partial charge in [-0.05, 0) is 93.3 Å². The molecule has 9 rings (SSSR count). The van der Waals surface area contributed by atoms with Crippen molar-refractivity contribution in [3.05, 3.63) is 84.3 Å². The lowest BCUT2D eigenvalue weighted by Gasteiger charge is -2.39. The molecule has 5 amide bonds. The maximum atomic E-state index is 13.2. The molecule has 4 aliphatic rings. The number of carbonyl (C=O) groups is 5. The van der Waals surface area contributed by atoms with E-state index in [0.29, 0.717) is 50.8 Å². The number of carbonyl (C=O) groups excluding carboxylic acids is 5. The number of unbranched alkanes of at least 4 members (excludes halogenated alkanes) is 2. The zero-order valence-electron chi connectivity index (χ0n) is 32.0. The number of likely N-dealkylation sites (tertiary alicyclic amines) is 1. The Labute approximate surface area is 334 Å². The van der Waals surface area contributed by atoms with Gasteiger partial charge in [-0.25, -0.2) is 4.98 Å². The van der Waals surface area contributed by atoms with Gasteiger partial charge in [0.25, 0.3) is 11.8 Å². The number of hydrogen-bond donors (Lipinski definition) is 2. The van der Waals surface area contributed by atoms with Crippen molar-refractivity contribution in [2.75, 3.05) is 26.3 Å². The van der Waals surface area contributed by atoms with Gasteiger partial charge in [0.15, 0.2) is 0 Å². The van der Waals surface area contributed by atoms with Crippen molar-refractivity contribution in [2.45, 2.75) is 76.0 Å². The number of rotatable bonds is 13. The molecule has 2 aromatic carbocycles. The summed E-state index contributed by atoms with van der Waals surface area (Å²) in [5, 5.41) is 4.45. The largest absolute Gasteiger partial charge is 0.494 e. The molecule has 1 saturated carbocycles. The number of pyridine rings is 2.